The number of ether oxygens (including phenoxy) is 1. The largest absolute Gasteiger partial charge is 0.489 e. The summed E-state index contributed by atoms with van der Waals surface area (Å²) in [7, 11) is 0. The van der Waals surface area contributed by atoms with Gasteiger partial charge in [-0.15, -0.1) is 0 Å². The molecular formula is C13H12ClNO2. The highest BCUT2D eigenvalue weighted by atomic mass is 35.5. The monoisotopic (exact) mass is 249 g/mol. The van der Waals surface area contributed by atoms with Crippen molar-refractivity contribution >= 4 is 11.6 Å². The molecule has 2 rings (SSSR count). The molecule has 1 aromatic carbocycles. The number of hydrogen-bond acceptors (Lipinski definition) is 3. The molecule has 3 nitrogen and oxygen atoms in total. The summed E-state index contributed by atoms with van der Waals surface area (Å²) in [5.74, 6) is 0.670. The molecule has 0 spiro atoms. The van der Waals surface area contributed by atoms with E-state index >= 15 is 0 Å². The first-order valence-corrected chi connectivity index (χ1v) is 5.59. The molecule has 0 saturated carbocycles. The number of rotatable bonds is 4. The Morgan fingerprint density at radius 1 is 1.24 bits per heavy atom. The molecule has 0 atom stereocenters. The van der Waals surface area contributed by atoms with Crippen LogP contribution in [-0.4, -0.2) is 10.1 Å². The number of benzene rings is 1. The molecule has 1 N–H and O–H groups in total. The van der Waals surface area contributed by atoms with E-state index < -0.39 is 0 Å². The fourth-order valence-electron chi connectivity index (χ4n) is 1.41. The molecule has 17 heavy (non-hydrogen) atoms. The fraction of sp³-hybridized carbons (Fsp3) is 0.154. The zero-order valence-electron chi connectivity index (χ0n) is 9.14. The van der Waals surface area contributed by atoms with Crippen LogP contribution in [0.25, 0.3) is 0 Å². The van der Waals surface area contributed by atoms with Crippen LogP contribution in [0.2, 0.25) is 5.02 Å². The summed E-state index contributed by atoms with van der Waals surface area (Å²) >= 11 is 6.02. The van der Waals surface area contributed by atoms with E-state index in [-0.39, 0.29) is 6.61 Å². The standard InChI is InChI=1S/C13H12ClNO2/c14-13-4-2-1-3-10(13)9-17-12-5-6-15-11(7-12)8-16/h1-7,16H,8-9H2. The average Bonchev–Trinajstić information content (AvgIpc) is 2.38. The molecule has 88 valence electrons. The molecule has 0 unspecified atom stereocenters. The second-order valence-corrected chi connectivity index (χ2v) is 3.93. The van der Waals surface area contributed by atoms with E-state index in [2.05, 4.69) is 4.98 Å². The maximum Gasteiger partial charge on any atom is 0.123 e. The van der Waals surface area contributed by atoms with Crippen LogP contribution in [0, 0.1) is 0 Å². The third-order valence-electron chi connectivity index (χ3n) is 2.30. The summed E-state index contributed by atoms with van der Waals surface area (Å²) in [6.45, 7) is 0.303. The van der Waals surface area contributed by atoms with E-state index in [1.54, 1.807) is 18.3 Å². The molecule has 0 radical (unpaired) electrons. The van der Waals surface area contributed by atoms with Gasteiger partial charge in [0.15, 0.2) is 0 Å². The Balaban J connectivity index is 2.05. The molecule has 4 heteroatoms. The smallest absolute Gasteiger partial charge is 0.123 e. The highest BCUT2D eigenvalue weighted by molar-refractivity contribution is 6.31. The minimum atomic E-state index is -0.0940. The number of hydrogen-bond donors (Lipinski definition) is 1. The van der Waals surface area contributed by atoms with Crippen molar-refractivity contribution in [3.05, 3.63) is 58.9 Å². The van der Waals surface area contributed by atoms with Crippen LogP contribution in [0.3, 0.4) is 0 Å². The molecule has 0 fully saturated rings. The van der Waals surface area contributed by atoms with Crippen molar-refractivity contribution in [3.63, 3.8) is 0 Å². The number of aliphatic hydroxyl groups is 1. The van der Waals surface area contributed by atoms with Gasteiger partial charge < -0.3 is 9.84 Å². The van der Waals surface area contributed by atoms with Gasteiger partial charge in [0.05, 0.1) is 12.3 Å². The third kappa shape index (κ3) is 3.19. The Morgan fingerprint density at radius 2 is 2.06 bits per heavy atom. The molecule has 0 bridgehead atoms. The van der Waals surface area contributed by atoms with E-state index in [9.17, 15) is 0 Å². The Labute approximate surface area is 105 Å². The molecule has 2 aromatic rings. The lowest BCUT2D eigenvalue weighted by molar-refractivity contribution is 0.273. The van der Waals surface area contributed by atoms with E-state index in [1.165, 1.54) is 0 Å². The van der Waals surface area contributed by atoms with Gasteiger partial charge >= 0.3 is 0 Å². The highest BCUT2D eigenvalue weighted by Gasteiger charge is 2.01. The van der Waals surface area contributed by atoms with Crippen molar-refractivity contribution in [1.29, 1.82) is 0 Å². The molecule has 0 saturated heterocycles. The van der Waals surface area contributed by atoms with Crippen molar-refractivity contribution in [2.75, 3.05) is 0 Å². The summed E-state index contributed by atoms with van der Waals surface area (Å²) < 4.78 is 5.58. The highest BCUT2D eigenvalue weighted by Crippen LogP contribution is 2.18. The van der Waals surface area contributed by atoms with Gasteiger partial charge in [-0.2, -0.15) is 0 Å². The zero-order chi connectivity index (χ0) is 12.1. The molecule has 1 heterocycles. The first-order valence-electron chi connectivity index (χ1n) is 5.21. The van der Waals surface area contributed by atoms with Gasteiger partial charge in [-0.1, -0.05) is 29.8 Å². The van der Waals surface area contributed by atoms with Gasteiger partial charge in [0.2, 0.25) is 0 Å². The minimum Gasteiger partial charge on any atom is -0.489 e. The van der Waals surface area contributed by atoms with E-state index in [0.717, 1.165) is 5.56 Å². The molecule has 0 aliphatic rings. The minimum absolute atomic E-state index is 0.0940. The predicted octanol–water partition coefficient (Wildman–Crippen LogP) is 2.81. The van der Waals surface area contributed by atoms with Gasteiger partial charge in [0, 0.05) is 22.8 Å². The van der Waals surface area contributed by atoms with Gasteiger partial charge in [-0.3, -0.25) is 4.98 Å². The van der Waals surface area contributed by atoms with E-state index in [1.807, 2.05) is 24.3 Å². The zero-order valence-corrected chi connectivity index (χ0v) is 9.89. The Bertz CT molecular complexity index is 502. The summed E-state index contributed by atoms with van der Waals surface area (Å²) in [6, 6.07) is 11.0. The summed E-state index contributed by atoms with van der Waals surface area (Å²) in [5.41, 5.74) is 1.51. The number of aliphatic hydroxyl groups excluding tert-OH is 1. The van der Waals surface area contributed by atoms with Crippen LogP contribution in [0.4, 0.5) is 0 Å². The van der Waals surface area contributed by atoms with E-state index in [0.29, 0.717) is 23.1 Å². The number of nitrogens with zero attached hydrogens (tertiary/aromatic N) is 1. The number of halogens is 1. The lowest BCUT2D eigenvalue weighted by Crippen LogP contribution is -1.97. The summed E-state index contributed by atoms with van der Waals surface area (Å²) in [4.78, 5) is 3.97. The lowest BCUT2D eigenvalue weighted by Gasteiger charge is -2.08. The Kier molecular flexibility index (Phi) is 3.96. The van der Waals surface area contributed by atoms with Crippen molar-refractivity contribution in [2.45, 2.75) is 13.2 Å². The Hall–Kier alpha value is -1.58. The molecular weight excluding hydrogens is 238 g/mol. The van der Waals surface area contributed by atoms with Crippen molar-refractivity contribution in [1.82, 2.24) is 4.98 Å². The number of aromatic nitrogens is 1. The third-order valence-corrected chi connectivity index (χ3v) is 2.67. The van der Waals surface area contributed by atoms with Crippen LogP contribution in [0.1, 0.15) is 11.3 Å². The maximum absolute atomic E-state index is 8.95. The average molecular weight is 250 g/mol. The maximum atomic E-state index is 8.95. The lowest BCUT2D eigenvalue weighted by atomic mass is 10.2. The van der Waals surface area contributed by atoms with Crippen molar-refractivity contribution in [2.24, 2.45) is 0 Å². The first kappa shape index (κ1) is 11.9. The second-order valence-electron chi connectivity index (χ2n) is 3.52. The second kappa shape index (κ2) is 5.66. The van der Waals surface area contributed by atoms with Crippen molar-refractivity contribution < 1.29 is 9.84 Å². The summed E-state index contributed by atoms with van der Waals surface area (Å²) in [5, 5.41) is 9.64. The van der Waals surface area contributed by atoms with Gasteiger partial charge in [0.25, 0.3) is 0 Å². The van der Waals surface area contributed by atoms with Gasteiger partial charge in [0.1, 0.15) is 12.4 Å². The van der Waals surface area contributed by atoms with Crippen LogP contribution in [0.5, 0.6) is 5.75 Å². The first-order chi connectivity index (χ1) is 8.29. The normalized spacial score (nSPS) is 10.2. The molecule has 0 aliphatic heterocycles. The SMILES string of the molecule is OCc1cc(OCc2ccccc2Cl)ccn1. The van der Waals surface area contributed by atoms with Crippen LogP contribution < -0.4 is 4.74 Å². The summed E-state index contributed by atoms with van der Waals surface area (Å²) in [6.07, 6.45) is 1.60. The quantitative estimate of drug-likeness (QED) is 0.906. The van der Waals surface area contributed by atoms with E-state index in [4.69, 9.17) is 21.4 Å². The fourth-order valence-corrected chi connectivity index (χ4v) is 1.60. The molecule has 0 aliphatic carbocycles. The number of pyridine rings is 1. The van der Waals surface area contributed by atoms with Crippen LogP contribution >= 0.6 is 11.6 Å². The molecule has 0 amide bonds. The molecule has 1 aromatic heterocycles. The van der Waals surface area contributed by atoms with Crippen LogP contribution in [-0.2, 0) is 13.2 Å². The van der Waals surface area contributed by atoms with Gasteiger partial charge in [-0.25, -0.2) is 0 Å². The van der Waals surface area contributed by atoms with Crippen molar-refractivity contribution in [3.8, 4) is 5.75 Å². The van der Waals surface area contributed by atoms with Crippen LogP contribution in [0.15, 0.2) is 42.6 Å². The predicted molar refractivity (Wildman–Crippen MR) is 65.9 cm³/mol. The topological polar surface area (TPSA) is 42.4 Å². The van der Waals surface area contributed by atoms with Gasteiger partial charge in [-0.05, 0) is 12.1 Å². The Morgan fingerprint density at radius 3 is 2.82 bits per heavy atom.